The van der Waals surface area contributed by atoms with Gasteiger partial charge in [0, 0.05) is 27.3 Å². The lowest BCUT2D eigenvalue weighted by molar-refractivity contribution is -0.552. The van der Waals surface area contributed by atoms with Crippen molar-refractivity contribution in [3.05, 3.63) is 50.5 Å². The zero-order chi connectivity index (χ0) is 21.1. The molecule has 32 heavy (non-hydrogen) atoms. The van der Waals surface area contributed by atoms with E-state index in [1.54, 1.807) is 45.3 Å². The van der Waals surface area contributed by atoms with Crippen LogP contribution >= 0.6 is 61.3 Å². The van der Waals surface area contributed by atoms with Gasteiger partial charge in [0.1, 0.15) is 11.2 Å². The fourth-order valence-electron chi connectivity index (χ4n) is 3.79. The second-order valence-electron chi connectivity index (χ2n) is 8.18. The zero-order valence-corrected chi connectivity index (χ0v) is 21.8. The van der Waals surface area contributed by atoms with E-state index in [0.29, 0.717) is 0 Å². The van der Waals surface area contributed by atoms with Gasteiger partial charge in [-0.2, -0.15) is 0 Å². The third-order valence-electron chi connectivity index (χ3n) is 5.89. The summed E-state index contributed by atoms with van der Waals surface area (Å²) in [7, 11) is 0. The number of hydrogen-bond acceptors (Lipinski definition) is 7. The van der Waals surface area contributed by atoms with Crippen LogP contribution in [-0.4, -0.2) is 22.9 Å². The Morgan fingerprint density at radius 3 is 2.12 bits per heavy atom. The maximum Gasteiger partial charge on any atom is 0.579 e. The minimum absolute atomic E-state index is 0. The Labute approximate surface area is 215 Å². The van der Waals surface area contributed by atoms with E-state index in [2.05, 4.69) is 81.5 Å². The fourth-order valence-corrected chi connectivity index (χ4v) is 8.31. The molecule has 0 aliphatic carbocycles. The molecule has 6 rings (SSSR count). The summed E-state index contributed by atoms with van der Waals surface area (Å²) in [6.07, 6.45) is 3.91. The van der Waals surface area contributed by atoms with Crippen LogP contribution in [0, 0.1) is 0 Å². The second kappa shape index (κ2) is 9.05. The third kappa shape index (κ3) is 3.87. The molecule has 1 fully saturated rings. The lowest BCUT2D eigenvalue weighted by Crippen LogP contribution is -2.70. The predicted molar refractivity (Wildman–Crippen MR) is 146 cm³/mol. The quantitative estimate of drug-likeness (QED) is 0.225. The van der Waals surface area contributed by atoms with Gasteiger partial charge in [0.2, 0.25) is 5.01 Å². The van der Waals surface area contributed by atoms with Crippen molar-refractivity contribution in [3.8, 4) is 19.8 Å². The number of hydrogen-bond donors (Lipinski definition) is 0. The number of rotatable bonds is 1. The molecule has 10 heteroatoms. The topological polar surface area (TPSA) is 35.2 Å². The van der Waals surface area contributed by atoms with E-state index in [-0.39, 0.29) is 26.1 Å². The van der Waals surface area contributed by atoms with Crippen LogP contribution in [0.2, 0.25) is 0 Å². The molecule has 6 heterocycles. The normalized spacial score (nSPS) is 18.2. The van der Waals surface area contributed by atoms with E-state index < -0.39 is 6.69 Å². The highest BCUT2D eigenvalue weighted by Gasteiger charge is 2.65. The van der Waals surface area contributed by atoms with Gasteiger partial charge in [0.15, 0.2) is 0 Å². The Morgan fingerprint density at radius 2 is 1.53 bits per heavy atom. The van der Waals surface area contributed by atoms with E-state index >= 15 is 0 Å². The Balaban J connectivity index is 0.000000192. The molecule has 0 N–H and O–H groups in total. The van der Waals surface area contributed by atoms with E-state index in [1.165, 1.54) is 20.2 Å². The summed E-state index contributed by atoms with van der Waals surface area (Å²) >= 11 is 10.4. The van der Waals surface area contributed by atoms with Crippen LogP contribution in [0.1, 0.15) is 42.5 Å². The van der Waals surface area contributed by atoms with Crippen LogP contribution in [0.15, 0.2) is 50.5 Å². The van der Waals surface area contributed by atoms with Crippen molar-refractivity contribution in [2.45, 2.75) is 53.8 Å². The Hall–Kier alpha value is -0.875. The van der Waals surface area contributed by atoms with Crippen LogP contribution in [0.4, 0.5) is 0 Å². The van der Waals surface area contributed by atoms with E-state index in [9.17, 15) is 0 Å². The van der Waals surface area contributed by atoms with Crippen molar-refractivity contribution in [2.75, 3.05) is 0 Å². The molecule has 172 valence electrons. The van der Waals surface area contributed by atoms with Crippen molar-refractivity contribution < 1.29 is 13.8 Å². The van der Waals surface area contributed by atoms with E-state index in [0.717, 1.165) is 9.48 Å². The molecule has 1 spiro atoms. The highest BCUT2D eigenvalue weighted by Crippen LogP contribution is 2.44. The minimum atomic E-state index is -1.57. The molecular formula is C22H28BBrN2O2S4. The fraction of sp³-hybridized carbons (Fsp3) is 0.364. The predicted octanol–water partition coefficient (Wildman–Crippen LogP) is 7.28. The van der Waals surface area contributed by atoms with Gasteiger partial charge in [-0.3, -0.25) is 0 Å². The van der Waals surface area contributed by atoms with Crippen molar-refractivity contribution in [1.29, 1.82) is 0 Å². The van der Waals surface area contributed by atoms with Crippen LogP contribution in [0.3, 0.4) is 0 Å². The van der Waals surface area contributed by atoms with Crippen molar-refractivity contribution >= 4 is 73.4 Å². The number of nitrogens with zero attached hydrogens (tertiary/aromatic N) is 2. The summed E-state index contributed by atoms with van der Waals surface area (Å²) in [5.74, 6) is 0. The van der Waals surface area contributed by atoms with Gasteiger partial charge in [0.25, 0.3) is 0 Å². The SMILES string of the molecule is Brc1ccsc1-c1nccs1.C.C.CC1(C)O[B-]2(OC1(C)C)c1ccsc1-c1scc[n+]12. The van der Waals surface area contributed by atoms with Crippen molar-refractivity contribution in [1.82, 2.24) is 4.98 Å². The molecule has 2 aliphatic heterocycles. The standard InChI is InChI=1S/C13H16BNO2S2.C7H4BrNS2.2CH4/c1-12(2)13(3,4)17-14(16-12)9-5-7-18-10(9)11-15(14)6-8-19-11;8-5-1-3-10-6(5)7-9-2-4-11-7;;/h5-8H,1-4H3;1-4H;2*1H4. The first-order valence-corrected chi connectivity index (χ1v) is 13.8. The number of thiazole rings is 2. The second-order valence-corrected chi connectivity index (χ2v) is 12.7. The maximum atomic E-state index is 6.50. The lowest BCUT2D eigenvalue weighted by Gasteiger charge is -2.35. The Bertz CT molecular complexity index is 1140. The van der Waals surface area contributed by atoms with Crippen LogP contribution in [-0.2, 0) is 9.31 Å². The summed E-state index contributed by atoms with van der Waals surface area (Å²) in [6, 6.07) is 4.19. The highest BCUT2D eigenvalue weighted by molar-refractivity contribution is 9.10. The van der Waals surface area contributed by atoms with Crippen LogP contribution in [0.25, 0.3) is 19.8 Å². The molecule has 0 aromatic carbocycles. The minimum Gasteiger partial charge on any atom is -0.495 e. The molecule has 4 aromatic heterocycles. The van der Waals surface area contributed by atoms with Crippen molar-refractivity contribution in [3.63, 3.8) is 0 Å². The number of halogens is 1. The molecule has 0 amide bonds. The van der Waals surface area contributed by atoms with Gasteiger partial charge >= 0.3 is 6.69 Å². The third-order valence-corrected chi connectivity index (χ3v) is 10.6. The van der Waals surface area contributed by atoms with Crippen LogP contribution < -0.4 is 9.94 Å². The summed E-state index contributed by atoms with van der Waals surface area (Å²) in [5, 5.41) is 10.6. The van der Waals surface area contributed by atoms with Crippen molar-refractivity contribution in [2.24, 2.45) is 0 Å². The Kier molecular flexibility index (Phi) is 7.28. The summed E-state index contributed by atoms with van der Waals surface area (Å²) in [6.45, 7) is 6.87. The molecule has 0 radical (unpaired) electrons. The number of thiophene rings is 2. The lowest BCUT2D eigenvalue weighted by atomic mass is 9.66. The average molecular weight is 571 g/mol. The van der Waals surface area contributed by atoms with Gasteiger partial charge < -0.3 is 13.8 Å². The first kappa shape index (κ1) is 25.7. The average Bonchev–Trinajstić information content (AvgIpc) is 3.47. The molecule has 4 aromatic rings. The first-order chi connectivity index (χ1) is 14.3. The zero-order valence-electron chi connectivity index (χ0n) is 16.9. The van der Waals surface area contributed by atoms with E-state index in [1.807, 2.05) is 17.6 Å². The van der Waals surface area contributed by atoms with Gasteiger partial charge in [-0.1, -0.05) is 32.3 Å². The molecule has 4 nitrogen and oxygen atoms in total. The molecule has 0 atom stereocenters. The van der Waals surface area contributed by atoms with Crippen LogP contribution in [0.5, 0.6) is 0 Å². The summed E-state index contributed by atoms with van der Waals surface area (Å²) in [4.78, 5) is 6.74. The maximum absolute atomic E-state index is 6.50. The molecule has 0 unspecified atom stereocenters. The van der Waals surface area contributed by atoms with Gasteiger partial charge in [-0.05, 0) is 65.9 Å². The van der Waals surface area contributed by atoms with Gasteiger partial charge in [-0.25, -0.2) is 4.98 Å². The van der Waals surface area contributed by atoms with Gasteiger partial charge in [-0.15, -0.1) is 34.0 Å². The molecule has 0 bridgehead atoms. The molecule has 0 saturated carbocycles. The Morgan fingerprint density at radius 1 is 0.875 bits per heavy atom. The monoisotopic (exact) mass is 570 g/mol. The summed E-state index contributed by atoms with van der Waals surface area (Å²) < 4.78 is 16.3. The first-order valence-electron chi connectivity index (χ1n) is 9.50. The number of fused-ring (bicyclic) bond motifs is 5. The van der Waals surface area contributed by atoms with E-state index in [4.69, 9.17) is 9.31 Å². The summed E-state index contributed by atoms with van der Waals surface area (Å²) in [5.41, 5.74) is 0.571. The highest BCUT2D eigenvalue weighted by atomic mass is 79.9. The molecule has 2 aliphatic rings. The largest absolute Gasteiger partial charge is 0.579 e. The molecular weight excluding hydrogens is 543 g/mol. The number of aromatic nitrogens is 2. The smallest absolute Gasteiger partial charge is 0.495 e. The molecule has 1 saturated heterocycles. The van der Waals surface area contributed by atoms with Gasteiger partial charge in [0.05, 0.1) is 15.1 Å².